The van der Waals surface area contributed by atoms with Crippen LogP contribution in [0.4, 0.5) is 0 Å². The number of aliphatic hydroxyl groups is 1. The molecule has 2 heterocycles. The van der Waals surface area contributed by atoms with Gasteiger partial charge >= 0.3 is 0 Å². The van der Waals surface area contributed by atoms with Gasteiger partial charge in [0.2, 0.25) is 5.91 Å². The molecule has 0 saturated carbocycles. The van der Waals surface area contributed by atoms with E-state index in [4.69, 9.17) is 0 Å². The third-order valence-corrected chi connectivity index (χ3v) is 4.20. The van der Waals surface area contributed by atoms with Crippen molar-refractivity contribution in [2.75, 3.05) is 39.8 Å². The van der Waals surface area contributed by atoms with Gasteiger partial charge in [0.1, 0.15) is 0 Å². The first kappa shape index (κ1) is 13.8. The summed E-state index contributed by atoms with van der Waals surface area (Å²) in [6.07, 6.45) is 3.01. The summed E-state index contributed by atoms with van der Waals surface area (Å²) in [7, 11) is 1.93. The minimum atomic E-state index is -0.672. The number of likely N-dealkylation sites (tertiary alicyclic amines) is 1. The lowest BCUT2D eigenvalue weighted by Gasteiger charge is -2.33. The second-order valence-electron chi connectivity index (χ2n) is 5.77. The Kier molecular flexibility index (Phi) is 4.25. The largest absolute Gasteiger partial charge is 0.387 e. The molecule has 2 atom stereocenters. The Morgan fingerprint density at radius 2 is 2.17 bits per heavy atom. The maximum atomic E-state index is 12.3. The fraction of sp³-hybridized carbons (Fsp3) is 0.923. The number of likely N-dealkylation sites (N-methyl/N-ethyl adjacent to an activating group) is 1. The molecule has 0 aromatic carbocycles. The second kappa shape index (κ2) is 5.55. The van der Waals surface area contributed by atoms with E-state index in [1.54, 1.807) is 0 Å². The number of hydrogen-bond donors (Lipinski definition) is 2. The number of nitrogens with one attached hydrogen (secondary N) is 1. The van der Waals surface area contributed by atoms with Crippen LogP contribution < -0.4 is 5.32 Å². The lowest BCUT2D eigenvalue weighted by molar-refractivity contribution is -0.135. The molecule has 0 aromatic heterocycles. The van der Waals surface area contributed by atoms with Crippen LogP contribution in [0.1, 0.15) is 26.2 Å². The van der Waals surface area contributed by atoms with Crippen LogP contribution in [0, 0.1) is 0 Å². The standard InChI is InChI=1S/C13H25N3O2/c1-11(12(17)16-7-3-4-8-16)15(2)10-13(18)5-6-14-9-13/h11,14,18H,3-10H2,1-2H3. The van der Waals surface area contributed by atoms with Gasteiger partial charge < -0.3 is 15.3 Å². The molecule has 2 rings (SSSR count). The fourth-order valence-corrected chi connectivity index (χ4v) is 2.86. The summed E-state index contributed by atoms with van der Waals surface area (Å²) in [5.41, 5.74) is -0.672. The monoisotopic (exact) mass is 255 g/mol. The molecule has 2 aliphatic rings. The third-order valence-electron chi connectivity index (χ3n) is 4.20. The van der Waals surface area contributed by atoms with Crippen LogP contribution >= 0.6 is 0 Å². The molecule has 0 aromatic rings. The first-order valence-electron chi connectivity index (χ1n) is 6.94. The number of amides is 1. The summed E-state index contributed by atoms with van der Waals surface area (Å²) in [5, 5.41) is 13.5. The number of nitrogens with zero attached hydrogens (tertiary/aromatic N) is 2. The predicted molar refractivity (Wildman–Crippen MR) is 70.3 cm³/mol. The average molecular weight is 255 g/mol. The Morgan fingerprint density at radius 3 is 2.72 bits per heavy atom. The van der Waals surface area contributed by atoms with Crippen LogP contribution in [0.5, 0.6) is 0 Å². The number of β-amino-alcohol motifs (C(OH)–C–C–N with tert-alkyl or cyclic N) is 1. The van der Waals surface area contributed by atoms with Crippen molar-refractivity contribution in [3.63, 3.8) is 0 Å². The molecule has 2 aliphatic heterocycles. The van der Waals surface area contributed by atoms with Gasteiger partial charge in [-0.25, -0.2) is 0 Å². The molecule has 0 spiro atoms. The molecule has 0 aliphatic carbocycles. The van der Waals surface area contributed by atoms with Crippen molar-refractivity contribution < 1.29 is 9.90 Å². The van der Waals surface area contributed by atoms with Crippen molar-refractivity contribution in [2.45, 2.75) is 37.8 Å². The van der Waals surface area contributed by atoms with E-state index >= 15 is 0 Å². The van der Waals surface area contributed by atoms with Crippen molar-refractivity contribution in [2.24, 2.45) is 0 Å². The molecule has 0 radical (unpaired) electrons. The third kappa shape index (κ3) is 3.02. The summed E-state index contributed by atoms with van der Waals surface area (Å²) in [5.74, 6) is 0.199. The van der Waals surface area contributed by atoms with Crippen LogP contribution in [0.15, 0.2) is 0 Å². The van der Waals surface area contributed by atoms with Crippen LogP contribution in [0.3, 0.4) is 0 Å². The van der Waals surface area contributed by atoms with Crippen molar-refractivity contribution >= 4 is 5.91 Å². The molecule has 2 N–H and O–H groups in total. The van der Waals surface area contributed by atoms with E-state index in [-0.39, 0.29) is 11.9 Å². The first-order valence-corrected chi connectivity index (χ1v) is 6.94. The van der Waals surface area contributed by atoms with E-state index in [1.807, 2.05) is 23.8 Å². The highest BCUT2D eigenvalue weighted by Gasteiger charge is 2.35. The molecule has 5 nitrogen and oxygen atoms in total. The van der Waals surface area contributed by atoms with Crippen LogP contribution in [-0.2, 0) is 4.79 Å². The topological polar surface area (TPSA) is 55.8 Å². The zero-order valence-corrected chi connectivity index (χ0v) is 11.5. The normalized spacial score (nSPS) is 30.1. The molecule has 1 amide bonds. The van der Waals surface area contributed by atoms with E-state index in [2.05, 4.69) is 5.32 Å². The Labute approximate surface area is 109 Å². The first-order chi connectivity index (χ1) is 8.52. The van der Waals surface area contributed by atoms with Gasteiger partial charge in [-0.15, -0.1) is 0 Å². The van der Waals surface area contributed by atoms with Crippen LogP contribution in [-0.4, -0.2) is 72.2 Å². The predicted octanol–water partition coefficient (Wildman–Crippen LogP) is -0.346. The number of rotatable bonds is 4. The summed E-state index contributed by atoms with van der Waals surface area (Å²) >= 11 is 0. The summed E-state index contributed by atoms with van der Waals surface area (Å²) in [6.45, 7) is 5.76. The SMILES string of the molecule is CC(C(=O)N1CCCC1)N(C)CC1(O)CCNC1. The molecule has 2 fully saturated rings. The second-order valence-corrected chi connectivity index (χ2v) is 5.77. The van der Waals surface area contributed by atoms with Gasteiger partial charge in [0.15, 0.2) is 0 Å². The van der Waals surface area contributed by atoms with E-state index in [9.17, 15) is 9.90 Å². The highest BCUT2D eigenvalue weighted by molar-refractivity contribution is 5.81. The summed E-state index contributed by atoms with van der Waals surface area (Å²) < 4.78 is 0. The number of carbonyl (C=O) groups excluding carboxylic acids is 1. The molecular formula is C13H25N3O2. The van der Waals surface area contributed by atoms with Gasteiger partial charge in [-0.3, -0.25) is 9.69 Å². The molecule has 2 saturated heterocycles. The molecule has 2 unspecified atom stereocenters. The molecular weight excluding hydrogens is 230 g/mol. The van der Waals surface area contributed by atoms with Crippen molar-refractivity contribution in [3.8, 4) is 0 Å². The van der Waals surface area contributed by atoms with Gasteiger partial charge in [-0.05, 0) is 39.8 Å². The van der Waals surface area contributed by atoms with E-state index in [0.717, 1.165) is 38.9 Å². The van der Waals surface area contributed by atoms with E-state index in [1.165, 1.54) is 0 Å². The van der Waals surface area contributed by atoms with E-state index in [0.29, 0.717) is 13.1 Å². The van der Waals surface area contributed by atoms with E-state index < -0.39 is 5.60 Å². The molecule has 104 valence electrons. The van der Waals surface area contributed by atoms with Gasteiger partial charge in [0.25, 0.3) is 0 Å². The van der Waals surface area contributed by atoms with Crippen LogP contribution in [0.25, 0.3) is 0 Å². The Bertz CT molecular complexity index is 297. The molecule has 0 bridgehead atoms. The van der Waals surface area contributed by atoms with Gasteiger partial charge in [-0.2, -0.15) is 0 Å². The Hall–Kier alpha value is -0.650. The zero-order chi connectivity index (χ0) is 13.2. The van der Waals surface area contributed by atoms with Crippen molar-refractivity contribution in [1.82, 2.24) is 15.1 Å². The zero-order valence-electron chi connectivity index (χ0n) is 11.5. The van der Waals surface area contributed by atoms with Gasteiger partial charge in [0, 0.05) is 26.2 Å². The molecule has 18 heavy (non-hydrogen) atoms. The minimum Gasteiger partial charge on any atom is -0.387 e. The molecule has 5 heteroatoms. The Morgan fingerprint density at radius 1 is 1.50 bits per heavy atom. The van der Waals surface area contributed by atoms with Crippen molar-refractivity contribution in [1.29, 1.82) is 0 Å². The van der Waals surface area contributed by atoms with Crippen LogP contribution in [0.2, 0.25) is 0 Å². The highest BCUT2D eigenvalue weighted by Crippen LogP contribution is 2.18. The van der Waals surface area contributed by atoms with Gasteiger partial charge in [-0.1, -0.05) is 0 Å². The maximum Gasteiger partial charge on any atom is 0.239 e. The average Bonchev–Trinajstić information content (AvgIpc) is 2.98. The maximum absolute atomic E-state index is 12.3. The van der Waals surface area contributed by atoms with Gasteiger partial charge in [0.05, 0.1) is 11.6 Å². The highest BCUT2D eigenvalue weighted by atomic mass is 16.3. The summed E-state index contributed by atoms with van der Waals surface area (Å²) in [4.78, 5) is 16.2. The van der Waals surface area contributed by atoms with Crippen molar-refractivity contribution in [3.05, 3.63) is 0 Å². The Balaban J connectivity index is 1.87. The fourth-order valence-electron chi connectivity index (χ4n) is 2.86. The number of hydrogen-bond acceptors (Lipinski definition) is 4. The number of carbonyl (C=O) groups is 1. The smallest absolute Gasteiger partial charge is 0.239 e. The lowest BCUT2D eigenvalue weighted by atomic mass is 10.0. The lowest BCUT2D eigenvalue weighted by Crippen LogP contribution is -2.51. The summed E-state index contributed by atoms with van der Waals surface area (Å²) in [6, 6.07) is -0.146. The quantitative estimate of drug-likeness (QED) is 0.721. The minimum absolute atomic E-state index is 0.146.